The van der Waals surface area contributed by atoms with Gasteiger partial charge in [0.1, 0.15) is 11.4 Å². The number of carbonyl (C=O) groups is 3. The summed E-state index contributed by atoms with van der Waals surface area (Å²) >= 11 is 0. The number of hydrogen-bond donors (Lipinski definition) is 1. The van der Waals surface area contributed by atoms with Crippen LogP contribution in [0.15, 0.2) is 59.4 Å². The van der Waals surface area contributed by atoms with Crippen LogP contribution in [0.3, 0.4) is 0 Å². The van der Waals surface area contributed by atoms with Crippen LogP contribution in [0.25, 0.3) is 5.69 Å². The van der Waals surface area contributed by atoms with Gasteiger partial charge in [0.25, 0.3) is 11.5 Å². The second kappa shape index (κ2) is 10.7. The number of carbonyl (C=O) groups excluding carboxylic acids is 3. The van der Waals surface area contributed by atoms with E-state index in [4.69, 9.17) is 9.47 Å². The largest absolute Gasteiger partial charge is 0.482 e. The first-order valence-corrected chi connectivity index (χ1v) is 10.8. The molecule has 0 unspecified atom stereocenters. The maximum Gasteiger partial charge on any atom is 0.344 e. The van der Waals surface area contributed by atoms with Crippen LogP contribution in [-0.4, -0.2) is 39.7 Å². The van der Waals surface area contributed by atoms with Crippen LogP contribution in [0.4, 0.5) is 5.69 Å². The highest BCUT2D eigenvalue weighted by molar-refractivity contribution is 5.96. The Morgan fingerprint density at radius 3 is 2.29 bits per heavy atom. The number of para-hydroxylation sites is 1. The maximum absolute atomic E-state index is 12.9. The number of ether oxygens (including phenoxy) is 2. The highest BCUT2D eigenvalue weighted by Gasteiger charge is 2.23. The summed E-state index contributed by atoms with van der Waals surface area (Å²) in [5.41, 5.74) is 1.48. The quantitative estimate of drug-likeness (QED) is 0.384. The Labute approximate surface area is 196 Å². The minimum absolute atomic E-state index is 0.00924. The van der Waals surface area contributed by atoms with Crippen molar-refractivity contribution < 1.29 is 23.9 Å². The van der Waals surface area contributed by atoms with E-state index in [0.717, 1.165) is 0 Å². The lowest BCUT2D eigenvalue weighted by atomic mass is 10.1. The highest BCUT2D eigenvalue weighted by Crippen LogP contribution is 2.15. The van der Waals surface area contributed by atoms with Crippen LogP contribution in [0, 0.1) is 6.92 Å². The van der Waals surface area contributed by atoms with Crippen LogP contribution in [0.1, 0.15) is 36.3 Å². The summed E-state index contributed by atoms with van der Waals surface area (Å²) in [6, 6.07) is 15.4. The van der Waals surface area contributed by atoms with Crippen molar-refractivity contribution in [2.24, 2.45) is 7.05 Å². The molecule has 0 bridgehead atoms. The van der Waals surface area contributed by atoms with Gasteiger partial charge in [-0.05, 0) is 50.2 Å². The first-order chi connectivity index (χ1) is 16.2. The zero-order valence-electron chi connectivity index (χ0n) is 19.5. The van der Waals surface area contributed by atoms with Crippen molar-refractivity contribution in [3.8, 4) is 11.4 Å². The van der Waals surface area contributed by atoms with Crippen molar-refractivity contribution in [3.05, 3.63) is 76.2 Å². The van der Waals surface area contributed by atoms with E-state index in [1.165, 1.54) is 11.6 Å². The molecule has 1 N–H and O–H groups in total. The number of hydrogen-bond acceptors (Lipinski definition) is 6. The monoisotopic (exact) mass is 465 g/mol. The average Bonchev–Trinajstić information content (AvgIpc) is 3.05. The van der Waals surface area contributed by atoms with Crippen molar-refractivity contribution in [1.29, 1.82) is 0 Å². The molecule has 1 aromatic heterocycles. The van der Waals surface area contributed by atoms with Gasteiger partial charge in [-0.15, -0.1) is 0 Å². The van der Waals surface area contributed by atoms with Crippen LogP contribution >= 0.6 is 0 Å². The average molecular weight is 466 g/mol. The Bertz CT molecular complexity index is 1240. The topological polar surface area (TPSA) is 109 Å². The van der Waals surface area contributed by atoms with Crippen molar-refractivity contribution in [1.82, 2.24) is 9.36 Å². The molecule has 3 rings (SSSR count). The molecule has 34 heavy (non-hydrogen) atoms. The van der Waals surface area contributed by atoms with Gasteiger partial charge in [-0.3, -0.25) is 19.1 Å². The Balaban J connectivity index is 1.59. The number of amides is 1. The molecule has 0 aliphatic heterocycles. The van der Waals surface area contributed by atoms with E-state index in [1.807, 2.05) is 18.2 Å². The zero-order chi connectivity index (χ0) is 24.8. The second-order valence-electron chi connectivity index (χ2n) is 7.65. The summed E-state index contributed by atoms with van der Waals surface area (Å²) in [6.45, 7) is 4.48. The number of ketones is 1. The number of Topliss-reactive ketones (excluding diaryl/α,β-unsaturated/α-hetero) is 1. The van der Waals surface area contributed by atoms with Crippen molar-refractivity contribution in [2.75, 3.05) is 11.9 Å². The van der Waals surface area contributed by atoms with Gasteiger partial charge in [0.2, 0.25) is 0 Å². The minimum Gasteiger partial charge on any atom is -0.482 e. The van der Waals surface area contributed by atoms with E-state index in [0.29, 0.717) is 29.1 Å². The summed E-state index contributed by atoms with van der Waals surface area (Å²) in [7, 11) is 1.71. The smallest absolute Gasteiger partial charge is 0.344 e. The molecule has 0 aliphatic carbocycles. The number of esters is 1. The predicted molar refractivity (Wildman–Crippen MR) is 126 cm³/mol. The zero-order valence-corrected chi connectivity index (χ0v) is 19.5. The molecule has 9 heteroatoms. The third kappa shape index (κ3) is 5.43. The van der Waals surface area contributed by atoms with E-state index < -0.39 is 30.1 Å². The third-order valence-electron chi connectivity index (χ3n) is 5.33. The molecule has 0 fully saturated rings. The molecule has 9 nitrogen and oxygen atoms in total. The lowest BCUT2D eigenvalue weighted by Gasteiger charge is -2.13. The standard InChI is InChI=1S/C25H27N3O6/c1-5-21(29)18-11-13-20(14-12-18)33-15-22(30)34-17(3)24(31)26-23-16(2)27(4)28(25(23)32)19-9-7-6-8-10-19/h6-14,17H,5,15H2,1-4H3,(H,26,31)/t17-/m1/s1. The summed E-state index contributed by atoms with van der Waals surface area (Å²) in [5.74, 6) is -0.984. The third-order valence-corrected chi connectivity index (χ3v) is 5.33. The van der Waals surface area contributed by atoms with Gasteiger partial charge >= 0.3 is 5.97 Å². The molecular formula is C25H27N3O6. The van der Waals surface area contributed by atoms with Gasteiger partial charge in [0.15, 0.2) is 18.5 Å². The Kier molecular flexibility index (Phi) is 7.68. The summed E-state index contributed by atoms with van der Waals surface area (Å²) in [4.78, 5) is 49.3. The number of rotatable bonds is 9. The van der Waals surface area contributed by atoms with Crippen molar-refractivity contribution in [2.45, 2.75) is 33.3 Å². The fourth-order valence-corrected chi connectivity index (χ4v) is 3.31. The number of nitrogens with zero attached hydrogens (tertiary/aromatic N) is 2. The Morgan fingerprint density at radius 1 is 1.03 bits per heavy atom. The normalized spacial score (nSPS) is 11.5. The number of nitrogens with one attached hydrogen (secondary N) is 1. The molecular weight excluding hydrogens is 438 g/mol. The molecule has 2 aromatic carbocycles. The van der Waals surface area contributed by atoms with Gasteiger partial charge < -0.3 is 14.8 Å². The summed E-state index contributed by atoms with van der Waals surface area (Å²) < 4.78 is 13.6. The molecule has 3 aromatic rings. The van der Waals surface area contributed by atoms with Gasteiger partial charge in [0, 0.05) is 19.0 Å². The van der Waals surface area contributed by atoms with Crippen LogP contribution in [-0.2, 0) is 21.4 Å². The first kappa shape index (κ1) is 24.5. The fraction of sp³-hybridized carbons (Fsp3) is 0.280. The molecule has 0 spiro atoms. The molecule has 1 heterocycles. The Hall–Kier alpha value is -4.14. The van der Waals surface area contributed by atoms with Gasteiger partial charge in [-0.25, -0.2) is 9.48 Å². The van der Waals surface area contributed by atoms with E-state index in [9.17, 15) is 19.2 Å². The summed E-state index contributed by atoms with van der Waals surface area (Å²) in [6.07, 6.45) is -0.750. The lowest BCUT2D eigenvalue weighted by molar-refractivity contribution is -0.155. The Morgan fingerprint density at radius 2 is 1.68 bits per heavy atom. The number of benzene rings is 2. The van der Waals surface area contributed by atoms with Crippen LogP contribution in [0.5, 0.6) is 5.75 Å². The number of aromatic nitrogens is 2. The maximum atomic E-state index is 12.9. The van der Waals surface area contributed by atoms with Crippen molar-refractivity contribution >= 4 is 23.3 Å². The molecule has 0 aliphatic rings. The molecule has 1 atom stereocenters. The second-order valence-corrected chi connectivity index (χ2v) is 7.65. The SMILES string of the molecule is CCC(=O)c1ccc(OCC(=O)O[C@H](C)C(=O)Nc2c(C)n(C)n(-c3ccccc3)c2=O)cc1. The van der Waals surface area contributed by atoms with Gasteiger partial charge in [-0.2, -0.15) is 0 Å². The molecule has 0 saturated carbocycles. The molecule has 0 saturated heterocycles. The van der Waals surface area contributed by atoms with E-state index in [1.54, 1.807) is 62.0 Å². The van der Waals surface area contributed by atoms with Crippen molar-refractivity contribution in [3.63, 3.8) is 0 Å². The van der Waals surface area contributed by atoms with Gasteiger partial charge in [0.05, 0.1) is 11.4 Å². The number of anilines is 1. The molecule has 0 radical (unpaired) electrons. The molecule has 178 valence electrons. The summed E-state index contributed by atoms with van der Waals surface area (Å²) in [5, 5.41) is 2.57. The van der Waals surface area contributed by atoms with E-state index in [-0.39, 0.29) is 11.5 Å². The fourth-order valence-electron chi connectivity index (χ4n) is 3.31. The van der Waals surface area contributed by atoms with Gasteiger partial charge in [-0.1, -0.05) is 25.1 Å². The van der Waals surface area contributed by atoms with E-state index >= 15 is 0 Å². The lowest BCUT2D eigenvalue weighted by Crippen LogP contribution is -2.33. The minimum atomic E-state index is -1.15. The predicted octanol–water partition coefficient (Wildman–Crippen LogP) is 3.03. The van der Waals surface area contributed by atoms with Crippen LogP contribution < -0.4 is 15.6 Å². The van der Waals surface area contributed by atoms with Crippen LogP contribution in [0.2, 0.25) is 0 Å². The van der Waals surface area contributed by atoms with E-state index in [2.05, 4.69) is 5.32 Å². The highest BCUT2D eigenvalue weighted by atomic mass is 16.6. The first-order valence-electron chi connectivity index (χ1n) is 10.8. The molecule has 1 amide bonds.